The number of carbonyl (C=O) groups is 1. The highest BCUT2D eigenvalue weighted by Gasteiger charge is 2.21. The number of rotatable bonds is 2. The summed E-state index contributed by atoms with van der Waals surface area (Å²) in [5.74, 6) is -0.103. The molecule has 2 aromatic rings. The number of nitrogens with two attached hydrogens (primary N) is 1. The molecule has 0 unspecified atom stereocenters. The number of anilines is 1. The highest BCUT2D eigenvalue weighted by molar-refractivity contribution is 7.15. The van der Waals surface area contributed by atoms with E-state index in [1.807, 2.05) is 32.0 Å². The Balaban J connectivity index is 0.00000176. The topological polar surface area (TPSA) is 68.0 Å². The molecule has 0 radical (unpaired) electrons. The highest BCUT2D eigenvalue weighted by Crippen LogP contribution is 2.29. The second kappa shape index (κ2) is 6.77. The summed E-state index contributed by atoms with van der Waals surface area (Å²) in [4.78, 5) is 18.0. The van der Waals surface area contributed by atoms with Gasteiger partial charge in [-0.2, -0.15) is 0 Å². The Morgan fingerprint density at radius 2 is 2.14 bits per heavy atom. The fourth-order valence-electron chi connectivity index (χ4n) is 2.51. The van der Waals surface area contributed by atoms with E-state index in [9.17, 15) is 4.79 Å². The first-order chi connectivity index (χ1) is 10.0. The van der Waals surface area contributed by atoms with Crippen molar-refractivity contribution in [3.8, 4) is 0 Å². The number of halogens is 1. The zero-order chi connectivity index (χ0) is 15.0. The molecule has 0 saturated carbocycles. The van der Waals surface area contributed by atoms with Crippen molar-refractivity contribution in [3.63, 3.8) is 0 Å². The average Bonchev–Trinajstić information content (AvgIpc) is 2.83. The normalized spacial score (nSPS) is 16.6. The van der Waals surface area contributed by atoms with E-state index < -0.39 is 0 Å². The molecular weight excluding hydrogens is 318 g/mol. The predicted octanol–water partition coefficient (Wildman–Crippen LogP) is 3.25. The lowest BCUT2D eigenvalue weighted by molar-refractivity contribution is 0.102. The van der Waals surface area contributed by atoms with Crippen LogP contribution < -0.4 is 11.1 Å². The van der Waals surface area contributed by atoms with Gasteiger partial charge in [-0.25, -0.2) is 4.98 Å². The molecule has 0 fully saturated rings. The molecule has 118 valence electrons. The Morgan fingerprint density at radius 3 is 2.86 bits per heavy atom. The van der Waals surface area contributed by atoms with Crippen LogP contribution in [0, 0.1) is 13.8 Å². The fourth-order valence-corrected chi connectivity index (χ4v) is 3.60. The number of hydrogen-bond acceptors (Lipinski definition) is 4. The van der Waals surface area contributed by atoms with Crippen LogP contribution in [-0.4, -0.2) is 16.9 Å². The van der Waals surface area contributed by atoms with Crippen LogP contribution in [0.2, 0.25) is 0 Å². The van der Waals surface area contributed by atoms with Crippen LogP contribution in [-0.2, 0) is 12.8 Å². The van der Waals surface area contributed by atoms with Crippen molar-refractivity contribution >= 4 is 34.8 Å². The Morgan fingerprint density at radius 1 is 1.36 bits per heavy atom. The molecule has 0 saturated heterocycles. The lowest BCUT2D eigenvalue weighted by Gasteiger charge is -2.15. The van der Waals surface area contributed by atoms with E-state index in [0.29, 0.717) is 10.7 Å². The van der Waals surface area contributed by atoms with E-state index in [2.05, 4.69) is 10.3 Å². The second-order valence-corrected chi connectivity index (χ2v) is 6.73. The monoisotopic (exact) mass is 337 g/mol. The van der Waals surface area contributed by atoms with Crippen molar-refractivity contribution in [1.82, 2.24) is 4.98 Å². The van der Waals surface area contributed by atoms with E-state index in [-0.39, 0.29) is 24.4 Å². The molecule has 3 N–H and O–H groups in total. The number of thiazole rings is 1. The number of hydrogen-bond donors (Lipinski definition) is 2. The molecule has 1 amide bonds. The zero-order valence-corrected chi connectivity index (χ0v) is 14.3. The van der Waals surface area contributed by atoms with Crippen molar-refractivity contribution in [2.45, 2.75) is 39.2 Å². The van der Waals surface area contributed by atoms with Crippen molar-refractivity contribution in [1.29, 1.82) is 0 Å². The van der Waals surface area contributed by atoms with E-state index in [4.69, 9.17) is 5.73 Å². The lowest BCUT2D eigenvalue weighted by Crippen LogP contribution is -2.27. The van der Waals surface area contributed by atoms with E-state index >= 15 is 0 Å². The zero-order valence-electron chi connectivity index (χ0n) is 12.7. The molecule has 0 bridgehead atoms. The van der Waals surface area contributed by atoms with Gasteiger partial charge in [-0.15, -0.1) is 23.7 Å². The maximum absolute atomic E-state index is 12.3. The second-order valence-electron chi connectivity index (χ2n) is 5.64. The largest absolute Gasteiger partial charge is 0.327 e. The molecule has 3 rings (SSSR count). The Bertz CT molecular complexity index is 699. The average molecular weight is 338 g/mol. The summed E-state index contributed by atoms with van der Waals surface area (Å²) in [6.45, 7) is 4.05. The summed E-state index contributed by atoms with van der Waals surface area (Å²) in [6.07, 6.45) is 2.75. The van der Waals surface area contributed by atoms with Gasteiger partial charge in [0.15, 0.2) is 5.13 Å². The molecule has 1 aromatic heterocycles. The van der Waals surface area contributed by atoms with Crippen LogP contribution in [0.1, 0.15) is 38.5 Å². The van der Waals surface area contributed by atoms with Gasteiger partial charge in [-0.05, 0) is 56.4 Å². The first-order valence-corrected chi connectivity index (χ1v) is 7.97. The fraction of sp³-hybridized carbons (Fsp3) is 0.375. The molecule has 1 atom stereocenters. The summed E-state index contributed by atoms with van der Waals surface area (Å²) in [5.41, 5.74) is 10.0. The number of benzene rings is 1. The quantitative estimate of drug-likeness (QED) is 0.883. The van der Waals surface area contributed by atoms with Crippen LogP contribution in [0.3, 0.4) is 0 Å². The van der Waals surface area contributed by atoms with E-state index in [0.717, 1.165) is 30.5 Å². The minimum absolute atomic E-state index is 0. The number of fused-ring (bicyclic) bond motifs is 1. The molecule has 22 heavy (non-hydrogen) atoms. The summed E-state index contributed by atoms with van der Waals surface area (Å²) in [6, 6.07) is 5.95. The third kappa shape index (κ3) is 3.48. The number of nitrogens with one attached hydrogen (secondary N) is 1. The minimum atomic E-state index is -0.103. The van der Waals surface area contributed by atoms with Gasteiger partial charge in [-0.1, -0.05) is 6.07 Å². The Kier molecular flexibility index (Phi) is 5.21. The molecule has 1 aromatic carbocycles. The highest BCUT2D eigenvalue weighted by atomic mass is 35.5. The van der Waals surface area contributed by atoms with Gasteiger partial charge in [0.05, 0.1) is 5.69 Å². The Hall–Kier alpha value is -1.43. The molecule has 1 aliphatic carbocycles. The summed E-state index contributed by atoms with van der Waals surface area (Å²) < 4.78 is 0. The predicted molar refractivity (Wildman–Crippen MR) is 93.2 cm³/mol. The minimum Gasteiger partial charge on any atom is -0.327 e. The van der Waals surface area contributed by atoms with Crippen molar-refractivity contribution in [2.75, 3.05) is 5.32 Å². The number of aryl methyl sites for hydroxylation is 3. The smallest absolute Gasteiger partial charge is 0.257 e. The van der Waals surface area contributed by atoms with E-state index in [1.54, 1.807) is 11.3 Å². The van der Waals surface area contributed by atoms with Gasteiger partial charge in [0.2, 0.25) is 0 Å². The number of aromatic nitrogens is 1. The molecule has 0 aliphatic heterocycles. The number of amides is 1. The molecule has 0 spiro atoms. The molecular formula is C16H20ClN3OS. The molecule has 1 heterocycles. The van der Waals surface area contributed by atoms with Gasteiger partial charge >= 0.3 is 0 Å². The van der Waals surface area contributed by atoms with Crippen LogP contribution in [0.5, 0.6) is 0 Å². The van der Waals surface area contributed by atoms with Crippen molar-refractivity contribution in [3.05, 3.63) is 45.5 Å². The van der Waals surface area contributed by atoms with Gasteiger partial charge < -0.3 is 5.73 Å². The van der Waals surface area contributed by atoms with E-state index in [1.165, 1.54) is 10.4 Å². The SMILES string of the molecule is Cc1ccc(C(=O)Nc2nc3c(s2)C[C@@H](N)CC3)cc1C.Cl. The maximum atomic E-state index is 12.3. The Labute approximate surface area is 140 Å². The third-order valence-corrected chi connectivity index (χ3v) is 5.00. The summed E-state index contributed by atoms with van der Waals surface area (Å²) in [5, 5.41) is 3.58. The van der Waals surface area contributed by atoms with Crippen LogP contribution in [0.25, 0.3) is 0 Å². The third-order valence-electron chi connectivity index (χ3n) is 3.97. The first kappa shape index (κ1) is 16.9. The van der Waals surface area contributed by atoms with Gasteiger partial charge in [0.1, 0.15) is 0 Å². The molecule has 6 heteroatoms. The summed E-state index contributed by atoms with van der Waals surface area (Å²) in [7, 11) is 0. The number of carbonyl (C=O) groups excluding carboxylic acids is 1. The molecule has 1 aliphatic rings. The first-order valence-electron chi connectivity index (χ1n) is 7.15. The van der Waals surface area contributed by atoms with Crippen molar-refractivity contribution < 1.29 is 4.79 Å². The standard InChI is InChI=1S/C16H19N3OS.ClH/c1-9-3-4-11(7-10(9)2)15(20)19-16-18-13-6-5-12(17)8-14(13)21-16;/h3-4,7,12H,5-6,8,17H2,1-2H3,(H,18,19,20);1H/t12-;/m0./s1. The maximum Gasteiger partial charge on any atom is 0.257 e. The van der Waals surface area contributed by atoms with Crippen LogP contribution in [0.15, 0.2) is 18.2 Å². The van der Waals surface area contributed by atoms with Gasteiger partial charge in [0, 0.05) is 16.5 Å². The van der Waals surface area contributed by atoms with Gasteiger partial charge in [-0.3, -0.25) is 10.1 Å². The van der Waals surface area contributed by atoms with Crippen molar-refractivity contribution in [2.24, 2.45) is 5.73 Å². The molecule has 4 nitrogen and oxygen atoms in total. The van der Waals surface area contributed by atoms with Crippen LogP contribution in [0.4, 0.5) is 5.13 Å². The van der Waals surface area contributed by atoms with Gasteiger partial charge in [0.25, 0.3) is 5.91 Å². The lowest BCUT2D eigenvalue weighted by atomic mass is 9.99. The summed E-state index contributed by atoms with van der Waals surface area (Å²) >= 11 is 1.55. The van der Waals surface area contributed by atoms with Crippen LogP contribution >= 0.6 is 23.7 Å². The number of nitrogens with zero attached hydrogens (tertiary/aromatic N) is 1.